The number of hydrogen-bond acceptors (Lipinski definition) is 4. The van der Waals surface area contributed by atoms with Gasteiger partial charge in [0.05, 0.1) is 6.07 Å². The maximum Gasteiger partial charge on any atom is 0.122 e. The van der Waals surface area contributed by atoms with Crippen LogP contribution in [0.25, 0.3) is 0 Å². The van der Waals surface area contributed by atoms with E-state index in [1.807, 2.05) is 0 Å². The van der Waals surface area contributed by atoms with Gasteiger partial charge in [0.1, 0.15) is 5.54 Å². The third kappa shape index (κ3) is 3.47. The largest absolute Gasteiger partial charge is 0.308 e. The average Bonchev–Trinajstić information content (AvgIpc) is 3.13. The third-order valence-corrected chi connectivity index (χ3v) is 4.49. The standard InChI is InChI=1S/C15H28N4/c1-4-17-15(11-16,13-7-8-13)12-19-9-5-6-14(19)10-18(2)3/h13-14,17H,4-10,12H2,1-3H3. The Morgan fingerprint density at radius 3 is 2.63 bits per heavy atom. The zero-order valence-electron chi connectivity index (χ0n) is 12.7. The molecule has 1 heterocycles. The van der Waals surface area contributed by atoms with Gasteiger partial charge >= 0.3 is 0 Å². The van der Waals surface area contributed by atoms with Crippen LogP contribution in [-0.4, -0.2) is 61.7 Å². The monoisotopic (exact) mass is 264 g/mol. The van der Waals surface area contributed by atoms with Crippen molar-refractivity contribution in [2.75, 3.05) is 40.3 Å². The lowest BCUT2D eigenvalue weighted by molar-refractivity contribution is 0.160. The van der Waals surface area contributed by atoms with Crippen LogP contribution in [0.5, 0.6) is 0 Å². The summed E-state index contributed by atoms with van der Waals surface area (Å²) in [4.78, 5) is 4.81. The highest BCUT2D eigenvalue weighted by atomic mass is 15.2. The molecule has 1 N–H and O–H groups in total. The molecule has 1 aliphatic heterocycles. The van der Waals surface area contributed by atoms with Crippen molar-refractivity contribution < 1.29 is 0 Å². The van der Waals surface area contributed by atoms with E-state index in [0.717, 1.165) is 26.2 Å². The third-order valence-electron chi connectivity index (χ3n) is 4.49. The van der Waals surface area contributed by atoms with Crippen LogP contribution in [0.1, 0.15) is 32.6 Å². The van der Waals surface area contributed by atoms with Crippen LogP contribution in [0.2, 0.25) is 0 Å². The Bertz CT molecular complexity index is 332. The number of hydrogen-bond donors (Lipinski definition) is 1. The van der Waals surface area contributed by atoms with Crippen molar-refractivity contribution in [1.82, 2.24) is 15.1 Å². The molecule has 19 heavy (non-hydrogen) atoms. The molecule has 0 bridgehead atoms. The molecule has 4 heteroatoms. The first-order chi connectivity index (χ1) is 9.11. The van der Waals surface area contributed by atoms with Crippen molar-refractivity contribution in [1.29, 1.82) is 5.26 Å². The summed E-state index contributed by atoms with van der Waals surface area (Å²) in [7, 11) is 4.28. The van der Waals surface area contributed by atoms with Gasteiger partial charge in [-0.1, -0.05) is 6.92 Å². The van der Waals surface area contributed by atoms with E-state index in [9.17, 15) is 5.26 Å². The molecule has 1 saturated heterocycles. The van der Waals surface area contributed by atoms with Crippen molar-refractivity contribution in [3.05, 3.63) is 0 Å². The van der Waals surface area contributed by atoms with E-state index in [2.05, 4.69) is 42.2 Å². The molecule has 0 amide bonds. The fourth-order valence-corrected chi connectivity index (χ4v) is 3.44. The van der Waals surface area contributed by atoms with E-state index in [4.69, 9.17) is 0 Å². The van der Waals surface area contributed by atoms with Gasteiger partial charge in [-0.05, 0) is 58.8 Å². The number of rotatable bonds is 7. The lowest BCUT2D eigenvalue weighted by atomic mass is 9.93. The van der Waals surface area contributed by atoms with Crippen molar-refractivity contribution in [3.63, 3.8) is 0 Å². The molecule has 0 radical (unpaired) electrons. The van der Waals surface area contributed by atoms with Crippen LogP contribution < -0.4 is 5.32 Å². The second kappa shape index (κ2) is 6.21. The van der Waals surface area contributed by atoms with E-state index < -0.39 is 0 Å². The van der Waals surface area contributed by atoms with Gasteiger partial charge in [-0.3, -0.25) is 10.2 Å². The maximum absolute atomic E-state index is 9.70. The quantitative estimate of drug-likeness (QED) is 0.752. The normalized spacial score (nSPS) is 27.4. The number of likely N-dealkylation sites (tertiary alicyclic amines) is 1. The topological polar surface area (TPSA) is 42.3 Å². The van der Waals surface area contributed by atoms with Gasteiger partial charge in [0, 0.05) is 19.1 Å². The van der Waals surface area contributed by atoms with Gasteiger partial charge in [-0.15, -0.1) is 0 Å². The van der Waals surface area contributed by atoms with Gasteiger partial charge in [-0.25, -0.2) is 0 Å². The van der Waals surface area contributed by atoms with Crippen molar-refractivity contribution >= 4 is 0 Å². The van der Waals surface area contributed by atoms with Crippen molar-refractivity contribution in [2.45, 2.75) is 44.2 Å². The zero-order chi connectivity index (χ0) is 13.9. The Hall–Kier alpha value is -0.630. The highest BCUT2D eigenvalue weighted by Crippen LogP contribution is 2.40. The summed E-state index contributed by atoms with van der Waals surface area (Å²) < 4.78 is 0. The Labute approximate surface area is 117 Å². The summed E-state index contributed by atoms with van der Waals surface area (Å²) in [6.07, 6.45) is 4.98. The first-order valence-corrected chi connectivity index (χ1v) is 7.66. The van der Waals surface area contributed by atoms with Crippen LogP contribution in [0.3, 0.4) is 0 Å². The average molecular weight is 264 g/mol. The molecular formula is C15H28N4. The first kappa shape index (κ1) is 14.8. The fourth-order valence-electron chi connectivity index (χ4n) is 3.44. The highest BCUT2D eigenvalue weighted by molar-refractivity contribution is 5.17. The molecule has 2 rings (SSSR count). The van der Waals surface area contributed by atoms with E-state index in [1.165, 1.54) is 25.7 Å². The van der Waals surface area contributed by atoms with Crippen LogP contribution in [0.15, 0.2) is 0 Å². The Kier molecular flexibility index (Phi) is 4.83. The molecule has 2 aliphatic rings. The van der Waals surface area contributed by atoms with Gasteiger partial charge in [0.25, 0.3) is 0 Å². The second-order valence-corrected chi connectivity index (χ2v) is 6.42. The number of nitrogens with one attached hydrogen (secondary N) is 1. The Morgan fingerprint density at radius 1 is 1.37 bits per heavy atom. The van der Waals surface area contributed by atoms with Gasteiger partial charge in [0.15, 0.2) is 0 Å². The van der Waals surface area contributed by atoms with Gasteiger partial charge in [0.2, 0.25) is 0 Å². The second-order valence-electron chi connectivity index (χ2n) is 6.42. The lowest BCUT2D eigenvalue weighted by Crippen LogP contribution is -2.56. The molecule has 1 saturated carbocycles. The lowest BCUT2D eigenvalue weighted by Gasteiger charge is -2.36. The Balaban J connectivity index is 2.02. The molecule has 0 spiro atoms. The molecule has 0 aromatic heterocycles. The van der Waals surface area contributed by atoms with Crippen LogP contribution >= 0.6 is 0 Å². The molecule has 2 fully saturated rings. The molecule has 2 unspecified atom stereocenters. The van der Waals surface area contributed by atoms with Gasteiger partial charge < -0.3 is 4.90 Å². The predicted molar refractivity (Wildman–Crippen MR) is 77.9 cm³/mol. The van der Waals surface area contributed by atoms with E-state index in [-0.39, 0.29) is 5.54 Å². The van der Waals surface area contributed by atoms with Crippen LogP contribution in [-0.2, 0) is 0 Å². The minimum absolute atomic E-state index is 0.302. The highest BCUT2D eigenvalue weighted by Gasteiger charge is 2.47. The fraction of sp³-hybridized carbons (Fsp3) is 0.933. The van der Waals surface area contributed by atoms with E-state index in [0.29, 0.717) is 12.0 Å². The summed E-state index contributed by atoms with van der Waals surface area (Å²) in [5.74, 6) is 0.568. The number of nitrogens with zero attached hydrogens (tertiary/aromatic N) is 3. The van der Waals surface area contributed by atoms with Crippen LogP contribution in [0, 0.1) is 17.2 Å². The number of nitriles is 1. The van der Waals surface area contributed by atoms with Gasteiger partial charge in [-0.2, -0.15) is 5.26 Å². The van der Waals surface area contributed by atoms with Crippen molar-refractivity contribution in [3.8, 4) is 6.07 Å². The van der Waals surface area contributed by atoms with E-state index >= 15 is 0 Å². The predicted octanol–water partition coefficient (Wildman–Crippen LogP) is 1.29. The molecule has 2 atom stereocenters. The first-order valence-electron chi connectivity index (χ1n) is 7.66. The number of likely N-dealkylation sites (N-methyl/N-ethyl adjacent to an activating group) is 2. The summed E-state index contributed by atoms with van der Waals surface area (Å²) >= 11 is 0. The molecule has 0 aromatic carbocycles. The van der Waals surface area contributed by atoms with E-state index in [1.54, 1.807) is 0 Å². The molecule has 1 aliphatic carbocycles. The molecule has 4 nitrogen and oxygen atoms in total. The molecular weight excluding hydrogens is 236 g/mol. The zero-order valence-corrected chi connectivity index (χ0v) is 12.7. The molecule has 108 valence electrons. The minimum atomic E-state index is -0.302. The molecule has 0 aromatic rings. The summed E-state index contributed by atoms with van der Waals surface area (Å²) in [6.45, 7) is 6.16. The summed E-state index contributed by atoms with van der Waals surface area (Å²) in [5.41, 5.74) is -0.302. The smallest absolute Gasteiger partial charge is 0.122 e. The minimum Gasteiger partial charge on any atom is -0.308 e. The SMILES string of the molecule is CCNC(C#N)(CN1CCCC1CN(C)C)C1CC1. The van der Waals surface area contributed by atoms with Crippen LogP contribution in [0.4, 0.5) is 0 Å². The Morgan fingerprint density at radius 2 is 2.11 bits per heavy atom. The van der Waals surface area contributed by atoms with Crippen molar-refractivity contribution in [2.24, 2.45) is 5.92 Å². The summed E-state index contributed by atoms with van der Waals surface area (Å²) in [5, 5.41) is 13.2. The summed E-state index contributed by atoms with van der Waals surface area (Å²) in [6, 6.07) is 3.24. The maximum atomic E-state index is 9.70.